The molecule has 1 aromatic carbocycles. The first kappa shape index (κ1) is 14.7. The highest BCUT2D eigenvalue weighted by molar-refractivity contribution is 7.99. The molecule has 1 saturated heterocycles. The van der Waals surface area contributed by atoms with Crippen molar-refractivity contribution >= 4 is 11.8 Å². The van der Waals surface area contributed by atoms with Crippen molar-refractivity contribution in [2.45, 2.75) is 24.3 Å². The van der Waals surface area contributed by atoms with Gasteiger partial charge in [0.25, 0.3) is 0 Å². The van der Waals surface area contributed by atoms with Crippen LogP contribution < -0.4 is 10.1 Å². The number of thioether (sulfide) groups is 1. The SMILES string of the molecule is CCNC(CSc1ccccc1OC)C1CCOC1. The normalized spacial score (nSPS) is 20.4. The predicted molar refractivity (Wildman–Crippen MR) is 80.1 cm³/mol. The van der Waals surface area contributed by atoms with Crippen LogP contribution >= 0.6 is 11.8 Å². The molecule has 2 rings (SSSR count). The lowest BCUT2D eigenvalue weighted by Gasteiger charge is -2.23. The molecule has 1 aliphatic heterocycles. The smallest absolute Gasteiger partial charge is 0.132 e. The Labute approximate surface area is 120 Å². The molecule has 1 aromatic rings. The fourth-order valence-electron chi connectivity index (χ4n) is 2.41. The van der Waals surface area contributed by atoms with Crippen LogP contribution in [0, 0.1) is 5.92 Å². The molecule has 3 nitrogen and oxygen atoms in total. The Kier molecular flexibility index (Phi) is 6.01. The molecule has 0 amide bonds. The maximum atomic E-state index is 5.51. The Bertz CT molecular complexity index is 380. The lowest BCUT2D eigenvalue weighted by atomic mass is 10.0. The summed E-state index contributed by atoms with van der Waals surface area (Å²) in [6, 6.07) is 8.73. The van der Waals surface area contributed by atoms with Crippen LogP contribution in [0.1, 0.15) is 13.3 Å². The van der Waals surface area contributed by atoms with E-state index in [9.17, 15) is 0 Å². The van der Waals surface area contributed by atoms with E-state index >= 15 is 0 Å². The molecule has 4 heteroatoms. The molecule has 0 aromatic heterocycles. The van der Waals surface area contributed by atoms with Gasteiger partial charge in [-0.05, 0) is 25.1 Å². The molecule has 1 fully saturated rings. The average molecular weight is 281 g/mol. The van der Waals surface area contributed by atoms with Crippen LogP contribution in [0.5, 0.6) is 5.75 Å². The van der Waals surface area contributed by atoms with E-state index in [4.69, 9.17) is 9.47 Å². The maximum absolute atomic E-state index is 5.51. The molecule has 19 heavy (non-hydrogen) atoms. The van der Waals surface area contributed by atoms with Crippen LogP contribution in [-0.4, -0.2) is 38.7 Å². The minimum absolute atomic E-state index is 0.516. The van der Waals surface area contributed by atoms with Crippen molar-refractivity contribution in [2.75, 3.05) is 32.6 Å². The number of hydrogen-bond acceptors (Lipinski definition) is 4. The molecule has 2 unspecified atom stereocenters. The molecule has 0 aliphatic carbocycles. The molecule has 0 bridgehead atoms. The fraction of sp³-hybridized carbons (Fsp3) is 0.600. The zero-order valence-electron chi connectivity index (χ0n) is 11.7. The van der Waals surface area contributed by atoms with Gasteiger partial charge in [0, 0.05) is 29.2 Å². The second kappa shape index (κ2) is 7.78. The zero-order valence-corrected chi connectivity index (χ0v) is 12.5. The molecule has 0 spiro atoms. The number of para-hydroxylation sites is 1. The van der Waals surface area contributed by atoms with Crippen LogP contribution in [-0.2, 0) is 4.74 Å². The summed E-state index contributed by atoms with van der Waals surface area (Å²) in [7, 11) is 1.73. The van der Waals surface area contributed by atoms with Crippen LogP contribution in [0.25, 0.3) is 0 Å². The average Bonchev–Trinajstić information content (AvgIpc) is 2.97. The second-order valence-corrected chi connectivity index (χ2v) is 5.81. The standard InChI is InChI=1S/C15H23NO2S/c1-3-16-13(12-8-9-18-10-12)11-19-15-7-5-4-6-14(15)17-2/h4-7,12-13,16H,3,8-11H2,1-2H3. The lowest BCUT2D eigenvalue weighted by molar-refractivity contribution is 0.179. The van der Waals surface area contributed by atoms with E-state index in [1.807, 2.05) is 23.9 Å². The summed E-state index contributed by atoms with van der Waals surface area (Å²) in [4.78, 5) is 1.21. The Hall–Kier alpha value is -0.710. The van der Waals surface area contributed by atoms with Gasteiger partial charge in [-0.25, -0.2) is 0 Å². The molecule has 0 radical (unpaired) electrons. The molecule has 106 valence electrons. The number of ether oxygens (including phenoxy) is 2. The molecule has 2 atom stereocenters. The van der Waals surface area contributed by atoms with Crippen LogP contribution in [0.4, 0.5) is 0 Å². The first-order valence-corrected chi connectivity index (χ1v) is 7.90. The third-order valence-corrected chi connectivity index (χ3v) is 4.66. The van der Waals surface area contributed by atoms with Crippen LogP contribution in [0.3, 0.4) is 0 Å². The Morgan fingerprint density at radius 1 is 1.47 bits per heavy atom. The minimum Gasteiger partial charge on any atom is -0.496 e. The summed E-state index contributed by atoms with van der Waals surface area (Å²) in [5.74, 6) is 2.66. The number of hydrogen-bond donors (Lipinski definition) is 1. The first-order chi connectivity index (χ1) is 9.35. The number of nitrogens with one attached hydrogen (secondary N) is 1. The first-order valence-electron chi connectivity index (χ1n) is 6.92. The molecule has 0 saturated carbocycles. The van der Waals surface area contributed by atoms with E-state index in [2.05, 4.69) is 24.4 Å². The van der Waals surface area contributed by atoms with Crippen molar-refractivity contribution in [3.8, 4) is 5.75 Å². The Morgan fingerprint density at radius 3 is 3.00 bits per heavy atom. The van der Waals surface area contributed by atoms with Crippen molar-refractivity contribution in [3.63, 3.8) is 0 Å². The number of rotatable bonds is 7. The van der Waals surface area contributed by atoms with Crippen molar-refractivity contribution in [1.29, 1.82) is 0 Å². The molecule has 1 N–H and O–H groups in total. The molecular formula is C15H23NO2S. The van der Waals surface area contributed by atoms with Crippen molar-refractivity contribution < 1.29 is 9.47 Å². The van der Waals surface area contributed by atoms with Gasteiger partial charge >= 0.3 is 0 Å². The quantitative estimate of drug-likeness (QED) is 0.779. The van der Waals surface area contributed by atoms with Gasteiger partial charge in [-0.3, -0.25) is 0 Å². The van der Waals surface area contributed by atoms with E-state index in [1.54, 1.807) is 7.11 Å². The highest BCUT2D eigenvalue weighted by atomic mass is 32.2. The van der Waals surface area contributed by atoms with Gasteiger partial charge in [0.05, 0.1) is 13.7 Å². The van der Waals surface area contributed by atoms with Gasteiger partial charge in [0.15, 0.2) is 0 Å². The van der Waals surface area contributed by atoms with Crippen molar-refractivity contribution in [1.82, 2.24) is 5.32 Å². The van der Waals surface area contributed by atoms with E-state index in [-0.39, 0.29) is 0 Å². The molecule has 1 aliphatic rings. The highest BCUT2D eigenvalue weighted by Crippen LogP contribution is 2.31. The topological polar surface area (TPSA) is 30.5 Å². The monoisotopic (exact) mass is 281 g/mol. The third-order valence-electron chi connectivity index (χ3n) is 3.49. The van der Waals surface area contributed by atoms with Crippen LogP contribution in [0.2, 0.25) is 0 Å². The Morgan fingerprint density at radius 2 is 2.32 bits per heavy atom. The summed E-state index contributed by atoms with van der Waals surface area (Å²) in [5.41, 5.74) is 0. The zero-order chi connectivity index (χ0) is 13.5. The van der Waals surface area contributed by atoms with Crippen molar-refractivity contribution in [2.24, 2.45) is 5.92 Å². The summed E-state index contributed by atoms with van der Waals surface area (Å²) in [5, 5.41) is 3.59. The van der Waals surface area contributed by atoms with E-state index in [0.717, 1.165) is 31.3 Å². The molecular weight excluding hydrogens is 258 g/mol. The summed E-state index contributed by atoms with van der Waals surface area (Å²) in [6.07, 6.45) is 1.17. The van der Waals surface area contributed by atoms with Crippen LogP contribution in [0.15, 0.2) is 29.2 Å². The van der Waals surface area contributed by atoms with Gasteiger partial charge in [-0.1, -0.05) is 19.1 Å². The number of methoxy groups -OCH3 is 1. The maximum Gasteiger partial charge on any atom is 0.132 e. The van der Waals surface area contributed by atoms with Gasteiger partial charge < -0.3 is 14.8 Å². The van der Waals surface area contributed by atoms with Gasteiger partial charge in [-0.2, -0.15) is 0 Å². The molecule has 1 heterocycles. The van der Waals surface area contributed by atoms with E-state index in [1.165, 1.54) is 11.3 Å². The predicted octanol–water partition coefficient (Wildman–Crippen LogP) is 2.80. The van der Waals surface area contributed by atoms with E-state index in [0.29, 0.717) is 12.0 Å². The fourth-order valence-corrected chi connectivity index (χ4v) is 3.63. The minimum atomic E-state index is 0.516. The largest absolute Gasteiger partial charge is 0.496 e. The third kappa shape index (κ3) is 4.13. The summed E-state index contributed by atoms with van der Waals surface area (Å²) >= 11 is 1.86. The van der Waals surface area contributed by atoms with Crippen molar-refractivity contribution in [3.05, 3.63) is 24.3 Å². The Balaban J connectivity index is 1.93. The summed E-state index contributed by atoms with van der Waals surface area (Å²) in [6.45, 7) is 4.97. The van der Waals surface area contributed by atoms with E-state index < -0.39 is 0 Å². The second-order valence-electron chi connectivity index (χ2n) is 4.75. The number of benzene rings is 1. The van der Waals surface area contributed by atoms with Gasteiger partial charge in [0.2, 0.25) is 0 Å². The van der Waals surface area contributed by atoms with Gasteiger partial charge in [0.1, 0.15) is 5.75 Å². The summed E-state index contributed by atoms with van der Waals surface area (Å²) < 4.78 is 10.9. The highest BCUT2D eigenvalue weighted by Gasteiger charge is 2.25. The lowest BCUT2D eigenvalue weighted by Crippen LogP contribution is -2.38. The van der Waals surface area contributed by atoms with Gasteiger partial charge in [-0.15, -0.1) is 11.8 Å².